The number of nitrogens with zero attached hydrogens (tertiary/aromatic N) is 1. The molecule has 0 N–H and O–H groups in total. The van der Waals surface area contributed by atoms with Crippen molar-refractivity contribution in [3.8, 4) is 5.75 Å². The standard InChI is InChI=1S/C18H21F2NO2/c1-11-8-14(12(2)21(11)18(3,4)5)16(22)10-23-17-7-6-13(19)9-15(17)20/h6-9H,10H2,1-5H3. The van der Waals surface area contributed by atoms with Gasteiger partial charge in [0, 0.05) is 28.6 Å². The molecule has 124 valence electrons. The molecule has 1 heterocycles. The maximum absolute atomic E-state index is 13.5. The van der Waals surface area contributed by atoms with Crippen LogP contribution >= 0.6 is 0 Å². The molecule has 0 saturated carbocycles. The first-order chi connectivity index (χ1) is 10.6. The van der Waals surface area contributed by atoms with Crippen molar-refractivity contribution in [1.82, 2.24) is 4.57 Å². The van der Waals surface area contributed by atoms with E-state index in [0.717, 1.165) is 23.5 Å². The number of ether oxygens (including phenoxy) is 1. The van der Waals surface area contributed by atoms with E-state index in [1.54, 1.807) is 0 Å². The Morgan fingerprint density at radius 3 is 2.35 bits per heavy atom. The summed E-state index contributed by atoms with van der Waals surface area (Å²) in [6.07, 6.45) is 0. The number of aromatic nitrogens is 1. The molecule has 3 nitrogen and oxygen atoms in total. The van der Waals surface area contributed by atoms with E-state index < -0.39 is 11.6 Å². The Labute approximate surface area is 134 Å². The number of halogens is 2. The summed E-state index contributed by atoms with van der Waals surface area (Å²) >= 11 is 0. The minimum atomic E-state index is -0.821. The van der Waals surface area contributed by atoms with Gasteiger partial charge in [0.1, 0.15) is 5.82 Å². The molecule has 0 saturated heterocycles. The number of aryl methyl sites for hydroxylation is 1. The van der Waals surface area contributed by atoms with Crippen molar-refractivity contribution in [3.05, 3.63) is 52.9 Å². The quantitative estimate of drug-likeness (QED) is 0.782. The summed E-state index contributed by atoms with van der Waals surface area (Å²) in [4.78, 5) is 12.4. The highest BCUT2D eigenvalue weighted by atomic mass is 19.1. The van der Waals surface area contributed by atoms with Crippen molar-refractivity contribution in [2.75, 3.05) is 6.61 Å². The first-order valence-corrected chi connectivity index (χ1v) is 7.41. The van der Waals surface area contributed by atoms with Crippen LogP contribution in [0, 0.1) is 25.5 Å². The average molecular weight is 321 g/mol. The number of ketones is 1. The molecule has 0 aliphatic rings. The molecule has 5 heteroatoms. The summed E-state index contributed by atoms with van der Waals surface area (Å²) in [5.41, 5.74) is 2.24. The molecule has 0 unspecified atom stereocenters. The maximum atomic E-state index is 13.5. The molecule has 2 aromatic rings. The molecule has 1 aromatic carbocycles. The van der Waals surface area contributed by atoms with Crippen LogP contribution in [0.1, 0.15) is 42.5 Å². The van der Waals surface area contributed by atoms with Crippen molar-refractivity contribution in [2.24, 2.45) is 0 Å². The highest BCUT2D eigenvalue weighted by molar-refractivity contribution is 5.98. The van der Waals surface area contributed by atoms with Gasteiger partial charge in [0.2, 0.25) is 5.78 Å². The maximum Gasteiger partial charge on any atom is 0.202 e. The minimum Gasteiger partial charge on any atom is -0.482 e. The first-order valence-electron chi connectivity index (χ1n) is 7.41. The van der Waals surface area contributed by atoms with Gasteiger partial charge in [-0.1, -0.05) is 0 Å². The molecule has 0 aliphatic carbocycles. The van der Waals surface area contributed by atoms with E-state index in [1.165, 1.54) is 6.07 Å². The molecule has 23 heavy (non-hydrogen) atoms. The number of rotatable bonds is 4. The smallest absolute Gasteiger partial charge is 0.202 e. The van der Waals surface area contributed by atoms with Crippen molar-refractivity contribution in [1.29, 1.82) is 0 Å². The summed E-state index contributed by atoms with van der Waals surface area (Å²) in [7, 11) is 0. The molecule has 0 radical (unpaired) electrons. The highest BCUT2D eigenvalue weighted by Gasteiger charge is 2.23. The third kappa shape index (κ3) is 3.60. The van der Waals surface area contributed by atoms with Crippen LogP contribution in [0.3, 0.4) is 0 Å². The van der Waals surface area contributed by atoms with Crippen molar-refractivity contribution in [2.45, 2.75) is 40.2 Å². The molecule has 0 aliphatic heterocycles. The van der Waals surface area contributed by atoms with Gasteiger partial charge in [0.05, 0.1) is 0 Å². The van der Waals surface area contributed by atoms with Gasteiger partial charge in [-0.15, -0.1) is 0 Å². The normalized spacial score (nSPS) is 11.6. The van der Waals surface area contributed by atoms with Gasteiger partial charge in [0.15, 0.2) is 18.2 Å². The lowest BCUT2D eigenvalue weighted by molar-refractivity contribution is 0.0918. The molecule has 1 aromatic heterocycles. The number of hydrogen-bond donors (Lipinski definition) is 0. The molecule has 0 bridgehead atoms. The molecule has 0 atom stereocenters. The van der Waals surface area contributed by atoms with E-state index in [1.807, 2.05) is 19.9 Å². The average Bonchev–Trinajstić information content (AvgIpc) is 2.72. The zero-order valence-corrected chi connectivity index (χ0v) is 14.0. The number of hydrogen-bond acceptors (Lipinski definition) is 2. The van der Waals surface area contributed by atoms with E-state index >= 15 is 0 Å². The fourth-order valence-electron chi connectivity index (χ4n) is 2.89. The number of carbonyl (C=O) groups excluding carboxylic acids is 1. The van der Waals surface area contributed by atoms with Gasteiger partial charge in [-0.2, -0.15) is 0 Å². The van der Waals surface area contributed by atoms with Crippen molar-refractivity contribution >= 4 is 5.78 Å². The van der Waals surface area contributed by atoms with Crippen LogP contribution < -0.4 is 4.74 Å². The van der Waals surface area contributed by atoms with Crippen LogP contribution in [0.4, 0.5) is 8.78 Å². The Hall–Kier alpha value is -2.17. The Morgan fingerprint density at radius 1 is 1.17 bits per heavy atom. The molecule has 0 fully saturated rings. The van der Waals surface area contributed by atoms with Crippen LogP contribution in [0.5, 0.6) is 5.75 Å². The Morgan fingerprint density at radius 2 is 1.83 bits per heavy atom. The molecule has 0 spiro atoms. The zero-order valence-electron chi connectivity index (χ0n) is 14.0. The predicted octanol–water partition coefficient (Wildman–Crippen LogP) is 4.40. The van der Waals surface area contributed by atoms with Crippen LogP contribution in [0.2, 0.25) is 0 Å². The van der Waals surface area contributed by atoms with Crippen LogP contribution in [-0.2, 0) is 5.54 Å². The van der Waals surface area contributed by atoms with Gasteiger partial charge in [-0.05, 0) is 52.8 Å². The SMILES string of the molecule is Cc1cc(C(=O)COc2ccc(F)cc2F)c(C)n1C(C)(C)C. The monoisotopic (exact) mass is 321 g/mol. The Balaban J connectivity index is 2.19. The summed E-state index contributed by atoms with van der Waals surface area (Å²) in [5, 5.41) is 0. The first kappa shape index (κ1) is 17.2. The second-order valence-corrected chi connectivity index (χ2v) is 6.58. The van der Waals surface area contributed by atoms with Crippen molar-refractivity contribution in [3.63, 3.8) is 0 Å². The van der Waals surface area contributed by atoms with Gasteiger partial charge >= 0.3 is 0 Å². The van der Waals surface area contributed by atoms with E-state index in [0.29, 0.717) is 5.56 Å². The van der Waals surface area contributed by atoms with Gasteiger partial charge < -0.3 is 9.30 Å². The number of Topliss-reactive ketones (excluding diaryl/α,β-unsaturated/α-hetero) is 1. The topological polar surface area (TPSA) is 31.2 Å². The Bertz CT molecular complexity index is 742. The summed E-state index contributed by atoms with van der Waals surface area (Å²) in [6.45, 7) is 9.71. The molecule has 0 amide bonds. The fourth-order valence-corrected chi connectivity index (χ4v) is 2.89. The van der Waals surface area contributed by atoms with E-state index in [-0.39, 0.29) is 23.7 Å². The molecular weight excluding hydrogens is 300 g/mol. The lowest BCUT2D eigenvalue weighted by atomic mass is 10.1. The van der Waals surface area contributed by atoms with Crippen molar-refractivity contribution < 1.29 is 18.3 Å². The third-order valence-electron chi connectivity index (χ3n) is 3.66. The largest absolute Gasteiger partial charge is 0.482 e. The molecular formula is C18H21F2NO2. The zero-order chi connectivity index (χ0) is 17.4. The van der Waals surface area contributed by atoms with Crippen LogP contribution in [0.25, 0.3) is 0 Å². The summed E-state index contributed by atoms with van der Waals surface area (Å²) in [6, 6.07) is 4.81. The lowest BCUT2D eigenvalue weighted by Gasteiger charge is -2.25. The number of carbonyl (C=O) groups is 1. The van der Waals surface area contributed by atoms with E-state index in [4.69, 9.17) is 4.74 Å². The second-order valence-electron chi connectivity index (χ2n) is 6.58. The van der Waals surface area contributed by atoms with Gasteiger partial charge in [-0.3, -0.25) is 4.79 Å². The lowest BCUT2D eigenvalue weighted by Crippen LogP contribution is -2.24. The van der Waals surface area contributed by atoms with Crippen LogP contribution in [-0.4, -0.2) is 17.0 Å². The summed E-state index contributed by atoms with van der Waals surface area (Å²) < 4.78 is 33.7. The second kappa shape index (κ2) is 6.14. The number of benzene rings is 1. The van der Waals surface area contributed by atoms with Gasteiger partial charge in [-0.25, -0.2) is 8.78 Å². The highest BCUT2D eigenvalue weighted by Crippen LogP contribution is 2.25. The third-order valence-corrected chi connectivity index (χ3v) is 3.66. The molecule has 2 rings (SSSR count). The van der Waals surface area contributed by atoms with Gasteiger partial charge in [0.25, 0.3) is 0 Å². The Kier molecular flexibility index (Phi) is 4.59. The summed E-state index contributed by atoms with van der Waals surface area (Å²) in [5.74, 6) is -1.88. The van der Waals surface area contributed by atoms with E-state index in [2.05, 4.69) is 25.3 Å². The fraction of sp³-hybridized carbons (Fsp3) is 0.389. The minimum absolute atomic E-state index is 0.135. The predicted molar refractivity (Wildman–Crippen MR) is 85.1 cm³/mol. The van der Waals surface area contributed by atoms with E-state index in [9.17, 15) is 13.6 Å². The van der Waals surface area contributed by atoms with Crippen LogP contribution in [0.15, 0.2) is 24.3 Å².